The van der Waals surface area contributed by atoms with Crippen LogP contribution >= 0.6 is 24.0 Å². The highest BCUT2D eigenvalue weighted by atomic mass is 35.5. The van der Waals surface area contributed by atoms with Crippen LogP contribution in [0.3, 0.4) is 0 Å². The van der Waals surface area contributed by atoms with E-state index in [1.807, 2.05) is 60.4 Å². The van der Waals surface area contributed by atoms with E-state index in [0.29, 0.717) is 17.3 Å². The van der Waals surface area contributed by atoms with Crippen LogP contribution in [-0.2, 0) is 4.79 Å². The van der Waals surface area contributed by atoms with Crippen molar-refractivity contribution in [3.8, 4) is 11.5 Å². The topological polar surface area (TPSA) is 50.8 Å². The lowest BCUT2D eigenvalue weighted by atomic mass is 9.95. The summed E-state index contributed by atoms with van der Waals surface area (Å²) in [5.41, 5.74) is 2.90. The number of amides is 1. The average Bonchev–Trinajstić information content (AvgIpc) is 2.77. The van der Waals surface area contributed by atoms with Crippen molar-refractivity contribution in [3.05, 3.63) is 83.4 Å². The highest BCUT2D eigenvalue weighted by Crippen LogP contribution is 2.34. The van der Waals surface area contributed by atoms with Crippen LogP contribution in [0.1, 0.15) is 5.56 Å². The Kier molecular flexibility index (Phi) is 7.31. The first-order valence-electron chi connectivity index (χ1n) is 9.75. The number of nitrogens with zero attached hydrogens (tertiary/aromatic N) is 1. The lowest BCUT2D eigenvalue weighted by Gasteiger charge is -2.47. The van der Waals surface area contributed by atoms with E-state index < -0.39 is 6.10 Å². The van der Waals surface area contributed by atoms with Gasteiger partial charge >= 0.3 is 0 Å². The molecule has 1 N–H and O–H groups in total. The maximum atomic E-state index is 13.0. The Balaban J connectivity index is 0.00000272. The number of carbonyl (C=O) groups excluding carboxylic acids is 1. The smallest absolute Gasteiger partial charge is 0.270 e. The molecule has 0 spiro atoms. The number of hydrogen-bond acceptors (Lipinski definition) is 4. The molecule has 1 heterocycles. The van der Waals surface area contributed by atoms with Gasteiger partial charge in [0.1, 0.15) is 17.5 Å². The number of carbonyl (C=O) groups is 1. The van der Waals surface area contributed by atoms with Crippen molar-refractivity contribution < 1.29 is 14.3 Å². The second-order valence-electron chi connectivity index (χ2n) is 7.16. The summed E-state index contributed by atoms with van der Waals surface area (Å²) in [4.78, 5) is 14.8. The summed E-state index contributed by atoms with van der Waals surface area (Å²) in [6.45, 7) is 2.55. The lowest BCUT2D eigenvalue weighted by molar-refractivity contribution is -0.134. The quantitative estimate of drug-likeness (QED) is 0.484. The van der Waals surface area contributed by atoms with Crippen LogP contribution in [0, 0.1) is 6.92 Å². The highest BCUT2D eigenvalue weighted by molar-refractivity contribution is 6.30. The number of halogens is 2. The fraction of sp³-hybridized carbons (Fsp3) is 0.208. The molecule has 1 saturated heterocycles. The molecular weight excluding hydrogens is 435 g/mol. The van der Waals surface area contributed by atoms with Crippen molar-refractivity contribution >= 4 is 41.3 Å². The number of anilines is 2. The van der Waals surface area contributed by atoms with Crippen LogP contribution < -0.4 is 19.7 Å². The van der Waals surface area contributed by atoms with E-state index >= 15 is 0 Å². The van der Waals surface area contributed by atoms with Crippen molar-refractivity contribution in [1.82, 2.24) is 0 Å². The molecule has 3 aromatic carbocycles. The standard InChI is InChI=1S/C24H23ClN2O3.ClH/c1-16-5-3-4-6-21(16)27-22(15-26-18-9-13-19(29-2)14-10-18)23(24(27)28)30-20-11-7-17(25)8-12-20;/h3-14,22-23,26H,15H2,1-2H3;1H. The Labute approximate surface area is 193 Å². The number of nitrogens with one attached hydrogen (secondary N) is 1. The molecule has 2 atom stereocenters. The van der Waals surface area contributed by atoms with Gasteiger partial charge in [-0.3, -0.25) is 9.69 Å². The van der Waals surface area contributed by atoms with Crippen molar-refractivity contribution in [1.29, 1.82) is 0 Å². The van der Waals surface area contributed by atoms with Crippen LogP contribution in [0.4, 0.5) is 11.4 Å². The molecule has 0 aromatic heterocycles. The third kappa shape index (κ3) is 4.89. The van der Waals surface area contributed by atoms with Gasteiger partial charge in [-0.1, -0.05) is 29.8 Å². The van der Waals surface area contributed by atoms with Gasteiger partial charge in [0.15, 0.2) is 6.10 Å². The van der Waals surface area contributed by atoms with Gasteiger partial charge in [-0.15, -0.1) is 12.4 Å². The predicted octanol–water partition coefficient (Wildman–Crippen LogP) is 5.35. The summed E-state index contributed by atoms with van der Waals surface area (Å²) in [5, 5.41) is 4.04. The molecule has 31 heavy (non-hydrogen) atoms. The van der Waals surface area contributed by atoms with Gasteiger partial charge in [0.25, 0.3) is 5.91 Å². The Hall–Kier alpha value is -2.89. The van der Waals surface area contributed by atoms with Crippen molar-refractivity contribution in [3.63, 3.8) is 0 Å². The van der Waals surface area contributed by atoms with E-state index in [2.05, 4.69) is 5.32 Å². The molecule has 1 aliphatic heterocycles. The summed E-state index contributed by atoms with van der Waals surface area (Å²) >= 11 is 5.96. The highest BCUT2D eigenvalue weighted by Gasteiger charge is 2.50. The fourth-order valence-electron chi connectivity index (χ4n) is 3.57. The molecule has 5 nitrogen and oxygen atoms in total. The van der Waals surface area contributed by atoms with Crippen LogP contribution in [0.15, 0.2) is 72.8 Å². The van der Waals surface area contributed by atoms with Crippen LogP contribution in [0.2, 0.25) is 5.02 Å². The van der Waals surface area contributed by atoms with E-state index in [4.69, 9.17) is 21.1 Å². The van der Waals surface area contributed by atoms with Crippen molar-refractivity contribution in [2.75, 3.05) is 23.9 Å². The fourth-order valence-corrected chi connectivity index (χ4v) is 3.69. The number of aryl methyl sites for hydroxylation is 1. The molecule has 0 saturated carbocycles. The minimum absolute atomic E-state index is 0. The van der Waals surface area contributed by atoms with E-state index in [1.54, 1.807) is 31.4 Å². The molecule has 0 bridgehead atoms. The second-order valence-corrected chi connectivity index (χ2v) is 7.60. The summed E-state index contributed by atoms with van der Waals surface area (Å²) in [7, 11) is 1.64. The van der Waals surface area contributed by atoms with Gasteiger partial charge in [0, 0.05) is 22.9 Å². The summed E-state index contributed by atoms with van der Waals surface area (Å²) in [6, 6.07) is 22.5. The number of β-lactam (4-membered cyclic amide) rings is 1. The number of para-hydroxylation sites is 1. The zero-order valence-electron chi connectivity index (χ0n) is 17.2. The third-order valence-electron chi connectivity index (χ3n) is 5.22. The molecule has 2 unspecified atom stereocenters. The minimum Gasteiger partial charge on any atom is -0.497 e. The van der Waals surface area contributed by atoms with Gasteiger partial charge in [-0.25, -0.2) is 0 Å². The average molecular weight is 459 g/mol. The van der Waals surface area contributed by atoms with E-state index in [0.717, 1.165) is 22.7 Å². The van der Waals surface area contributed by atoms with Crippen molar-refractivity contribution in [2.24, 2.45) is 0 Å². The van der Waals surface area contributed by atoms with E-state index in [1.165, 1.54) is 0 Å². The maximum absolute atomic E-state index is 13.0. The Morgan fingerprint density at radius 2 is 1.61 bits per heavy atom. The Bertz CT molecular complexity index is 1030. The van der Waals surface area contributed by atoms with Crippen LogP contribution in [0.5, 0.6) is 11.5 Å². The van der Waals surface area contributed by atoms with Gasteiger partial charge in [0.2, 0.25) is 0 Å². The van der Waals surface area contributed by atoms with E-state index in [-0.39, 0.29) is 24.4 Å². The molecule has 7 heteroatoms. The Morgan fingerprint density at radius 3 is 2.26 bits per heavy atom. The maximum Gasteiger partial charge on any atom is 0.270 e. The molecule has 0 radical (unpaired) electrons. The van der Waals surface area contributed by atoms with Gasteiger partial charge < -0.3 is 14.8 Å². The van der Waals surface area contributed by atoms with E-state index in [9.17, 15) is 4.79 Å². The molecule has 4 rings (SSSR count). The summed E-state index contributed by atoms with van der Waals surface area (Å²) in [6.07, 6.45) is -0.573. The number of benzene rings is 3. The van der Waals surface area contributed by atoms with Gasteiger partial charge in [-0.05, 0) is 67.1 Å². The molecule has 0 aliphatic carbocycles. The molecule has 1 aliphatic rings. The van der Waals surface area contributed by atoms with Crippen molar-refractivity contribution in [2.45, 2.75) is 19.1 Å². The number of methoxy groups -OCH3 is 1. The Morgan fingerprint density at radius 1 is 0.968 bits per heavy atom. The van der Waals surface area contributed by atoms with Gasteiger partial charge in [-0.2, -0.15) is 0 Å². The monoisotopic (exact) mass is 458 g/mol. The zero-order valence-corrected chi connectivity index (χ0v) is 18.8. The van der Waals surface area contributed by atoms with Crippen LogP contribution in [-0.4, -0.2) is 31.7 Å². The SMILES string of the molecule is COc1ccc(NCC2C(Oc3ccc(Cl)cc3)C(=O)N2c2ccccc2C)cc1.Cl. The first kappa shape index (κ1) is 22.8. The summed E-state index contributed by atoms with van der Waals surface area (Å²) < 4.78 is 11.2. The first-order valence-corrected chi connectivity index (χ1v) is 10.1. The molecule has 3 aromatic rings. The molecule has 1 amide bonds. The zero-order chi connectivity index (χ0) is 21.1. The van der Waals surface area contributed by atoms with Crippen LogP contribution in [0.25, 0.3) is 0 Å². The van der Waals surface area contributed by atoms with Gasteiger partial charge in [0.05, 0.1) is 7.11 Å². The molecular formula is C24H24Cl2N2O3. The minimum atomic E-state index is -0.573. The normalized spacial score (nSPS) is 17.4. The predicted molar refractivity (Wildman–Crippen MR) is 127 cm³/mol. The largest absolute Gasteiger partial charge is 0.497 e. The molecule has 162 valence electrons. The first-order chi connectivity index (χ1) is 14.6. The number of hydrogen-bond donors (Lipinski definition) is 1. The third-order valence-corrected chi connectivity index (χ3v) is 5.47. The lowest BCUT2D eigenvalue weighted by Crippen LogP contribution is -2.69. The number of ether oxygens (including phenoxy) is 2. The number of rotatable bonds is 7. The second kappa shape index (κ2) is 9.94. The summed E-state index contributed by atoms with van der Waals surface area (Å²) in [5.74, 6) is 1.36. The molecule has 1 fully saturated rings.